The number of para-hydroxylation sites is 2. The topological polar surface area (TPSA) is 22.4 Å². The SMILES string of the molecule is [2H]c1c([2H])c([2H])c(-c2ccc3c(c2)N(c2ccc(-c4ccccc4)cc2)c2c4c(cc5c2c2cccc6c7ccccc7c7ccccc7c7ccccc7n5c62)-n2c5ccc(-n6c7ccc(C(C)(C)C)cc7c7cc(C(C)(C)C)ccc76)cc5c5cc(-n6c7ccc(C(C)(C)C)cc7c7cc(C(C)(C)C)ccc76)cc(c52)B34)c([2H])c1[2H]. The number of fused-ring (bicyclic) bond motifs is 24. The highest BCUT2D eigenvalue weighted by Crippen LogP contribution is 2.52. The van der Waals surface area contributed by atoms with Crippen LogP contribution < -0.4 is 21.3 Å². The first kappa shape index (κ1) is 61.2. The lowest BCUT2D eigenvalue weighted by atomic mass is 9.33. The second-order valence-electron chi connectivity index (χ2n) is 35.7. The zero-order valence-electron chi connectivity index (χ0n) is 70.3. The normalized spacial score (nSPS) is 13.9. The van der Waals surface area contributed by atoms with Gasteiger partial charge in [-0.15, -0.1) is 0 Å². The van der Waals surface area contributed by atoms with E-state index in [4.69, 9.17) is 1.37 Å². The van der Waals surface area contributed by atoms with Crippen LogP contribution in [0.3, 0.4) is 0 Å². The fourth-order valence-corrected chi connectivity index (χ4v) is 19.4. The fourth-order valence-electron chi connectivity index (χ4n) is 19.4. The van der Waals surface area contributed by atoms with Gasteiger partial charge in [0.25, 0.3) is 6.71 Å². The van der Waals surface area contributed by atoms with Crippen molar-refractivity contribution in [3.8, 4) is 39.3 Å². The van der Waals surface area contributed by atoms with Crippen LogP contribution in [0.25, 0.3) is 164 Å². The summed E-state index contributed by atoms with van der Waals surface area (Å²) in [6.07, 6.45) is 0. The lowest BCUT2D eigenvalue weighted by Gasteiger charge is -2.41. The van der Waals surface area contributed by atoms with Gasteiger partial charge >= 0.3 is 0 Å². The largest absolute Gasteiger partial charge is 0.311 e. The maximum atomic E-state index is 9.73. The summed E-state index contributed by atoms with van der Waals surface area (Å²) in [5, 5.41) is 16.0. The van der Waals surface area contributed by atoms with Gasteiger partial charge in [0.15, 0.2) is 0 Å². The van der Waals surface area contributed by atoms with Crippen LogP contribution >= 0.6 is 0 Å². The average Bonchev–Trinajstić information content (AvgIpc) is 1.54. The molecular weight excluding hydrogens is 1350 g/mol. The molecule has 0 amide bonds. The van der Waals surface area contributed by atoms with Gasteiger partial charge in [0, 0.05) is 87.8 Å². The lowest BCUT2D eigenvalue weighted by Crippen LogP contribution is -2.60. The smallest absolute Gasteiger partial charge is 0.252 e. The number of benzene rings is 15. The Hall–Kier alpha value is -12.6. The van der Waals surface area contributed by atoms with Crippen molar-refractivity contribution in [2.45, 2.75) is 105 Å². The van der Waals surface area contributed by atoms with E-state index >= 15 is 0 Å². The first-order valence-electron chi connectivity index (χ1n) is 42.1. The maximum absolute atomic E-state index is 9.73. The van der Waals surface area contributed by atoms with Crippen LogP contribution in [0.2, 0.25) is 0 Å². The van der Waals surface area contributed by atoms with Crippen LogP contribution in [0.5, 0.6) is 0 Å². The zero-order chi connectivity index (χ0) is 80.3. The van der Waals surface area contributed by atoms with Gasteiger partial charge in [0.1, 0.15) is 0 Å². The quantitative estimate of drug-likeness (QED) is 0.157. The molecule has 0 atom stereocenters. The predicted molar refractivity (Wildman–Crippen MR) is 482 cm³/mol. The van der Waals surface area contributed by atoms with E-state index in [-0.39, 0.29) is 51.4 Å². The molecule has 0 bridgehead atoms. The van der Waals surface area contributed by atoms with E-state index in [1.807, 2.05) is 6.07 Å². The molecular formula is C106H86BN5. The summed E-state index contributed by atoms with van der Waals surface area (Å²) in [5.74, 6) is 0. The van der Waals surface area contributed by atoms with E-state index < -0.39 is 12.8 Å². The average molecular weight is 1450 g/mol. The minimum absolute atomic E-state index is 0.0866. The standard InChI is InChI=1S/C106H86BN5/c1-103(2,3)67-41-49-90-81(55-67)82-56-68(104(4,5)6)42-50-91(82)108(90)72-47-53-94-85(59-72)86-60-73(109-92-51-43-69(105(7,8)9)57-83(92)84-58-70(106(10,11)12)44-52-93(84)109)61-88-101(86)112(94)97-62-96-98(80-36-25-35-79-77-33-22-20-31-75(77)74-30-19-21-32-76(74)78-34-23-24-37-89(78)111(96)100(79)80)102-99(97)107(88)87-48-40-66(64-28-17-14-18-29-64)54-95(87)110(102)71-45-38-65(39-46-71)63-26-15-13-16-27-63/h13-62H,1-12H3/i14D,17D,18D,28D,29D. The van der Waals surface area contributed by atoms with Crippen molar-refractivity contribution in [3.63, 3.8) is 0 Å². The molecule has 5 aromatic heterocycles. The first-order valence-corrected chi connectivity index (χ1v) is 39.6. The summed E-state index contributed by atoms with van der Waals surface area (Å²) >= 11 is 0. The van der Waals surface area contributed by atoms with E-state index in [0.29, 0.717) is 5.56 Å². The molecule has 0 unspecified atom stereocenters. The van der Waals surface area contributed by atoms with E-state index in [2.05, 4.69) is 373 Å². The van der Waals surface area contributed by atoms with Crippen molar-refractivity contribution in [2.24, 2.45) is 0 Å². The number of aromatic nitrogens is 4. The van der Waals surface area contributed by atoms with Crippen LogP contribution in [0.1, 0.15) is 112 Å². The second kappa shape index (κ2) is 23.5. The van der Waals surface area contributed by atoms with Crippen LogP contribution in [0, 0.1) is 0 Å². The Morgan fingerprint density at radius 1 is 0.268 bits per heavy atom. The summed E-state index contributed by atoms with van der Waals surface area (Å²) in [5.41, 5.74) is 26.5. The lowest BCUT2D eigenvalue weighted by molar-refractivity contribution is 0.590. The molecule has 0 aliphatic carbocycles. The van der Waals surface area contributed by atoms with Gasteiger partial charge < -0.3 is 23.0 Å². The Morgan fingerprint density at radius 3 is 1.29 bits per heavy atom. The number of rotatable bonds is 5. The van der Waals surface area contributed by atoms with E-state index in [0.717, 1.165) is 165 Å². The van der Waals surface area contributed by atoms with Crippen molar-refractivity contribution in [3.05, 3.63) is 325 Å². The van der Waals surface area contributed by atoms with Gasteiger partial charge in [-0.3, -0.25) is 0 Å². The summed E-state index contributed by atoms with van der Waals surface area (Å²) in [6.45, 7) is 27.2. The minimum atomic E-state index is -0.471. The fraction of sp³-hybridized carbons (Fsp3) is 0.151. The molecule has 7 heterocycles. The van der Waals surface area contributed by atoms with Crippen molar-refractivity contribution in [1.82, 2.24) is 18.1 Å². The first-order chi connectivity index (χ1) is 56.2. The Kier molecular flexibility index (Phi) is 12.8. The molecule has 0 saturated heterocycles. The Morgan fingerprint density at radius 2 is 0.714 bits per heavy atom. The van der Waals surface area contributed by atoms with Crippen LogP contribution in [-0.2, 0) is 21.7 Å². The summed E-state index contributed by atoms with van der Waals surface area (Å²) < 4.78 is 57.0. The number of hydrogen-bond acceptors (Lipinski definition) is 1. The highest BCUT2D eigenvalue weighted by Gasteiger charge is 2.45. The number of nitrogens with zero attached hydrogens (tertiary/aromatic N) is 5. The molecule has 0 spiro atoms. The third-order valence-electron chi connectivity index (χ3n) is 25.0. The molecule has 6 heteroatoms. The van der Waals surface area contributed by atoms with Gasteiger partial charge in [0.2, 0.25) is 0 Å². The van der Waals surface area contributed by atoms with Crippen molar-refractivity contribution in [1.29, 1.82) is 0 Å². The van der Waals surface area contributed by atoms with Gasteiger partial charge in [-0.2, -0.15) is 0 Å². The molecule has 2 aliphatic heterocycles. The number of hydrogen-bond donors (Lipinski definition) is 0. The minimum Gasteiger partial charge on any atom is -0.311 e. The van der Waals surface area contributed by atoms with Crippen LogP contribution in [0.4, 0.5) is 17.1 Å². The molecule has 22 rings (SSSR count). The molecule has 15 aromatic carbocycles. The van der Waals surface area contributed by atoms with Crippen molar-refractivity contribution in [2.75, 3.05) is 4.90 Å². The highest BCUT2D eigenvalue weighted by molar-refractivity contribution is 7.00. The zero-order valence-corrected chi connectivity index (χ0v) is 65.3. The van der Waals surface area contributed by atoms with Crippen LogP contribution in [0.15, 0.2) is 303 Å². The van der Waals surface area contributed by atoms with Gasteiger partial charge in [-0.1, -0.05) is 277 Å². The van der Waals surface area contributed by atoms with Gasteiger partial charge in [-0.05, 0) is 213 Å². The molecule has 5 nitrogen and oxygen atoms in total. The molecule has 0 fully saturated rings. The van der Waals surface area contributed by atoms with Crippen LogP contribution in [-0.4, -0.2) is 24.8 Å². The molecule has 20 aromatic rings. The molecule has 538 valence electrons. The van der Waals surface area contributed by atoms with Gasteiger partial charge in [-0.25, -0.2) is 0 Å². The molecule has 0 radical (unpaired) electrons. The Bertz CT molecular complexity index is 7690. The van der Waals surface area contributed by atoms with Crippen molar-refractivity contribution >= 4 is 165 Å². The Labute approximate surface area is 660 Å². The van der Waals surface area contributed by atoms with E-state index in [1.165, 1.54) is 43.8 Å². The van der Waals surface area contributed by atoms with E-state index in [9.17, 15) is 5.48 Å². The molecule has 0 N–H and O–H groups in total. The maximum Gasteiger partial charge on any atom is 0.252 e. The Balaban J connectivity index is 0.957. The summed E-state index contributed by atoms with van der Waals surface area (Å²) in [7, 11) is 0. The summed E-state index contributed by atoms with van der Waals surface area (Å²) in [4.78, 5) is 2.47. The summed E-state index contributed by atoms with van der Waals surface area (Å²) in [6, 6.07) is 101. The van der Waals surface area contributed by atoms with Crippen molar-refractivity contribution < 1.29 is 6.85 Å². The third-order valence-corrected chi connectivity index (χ3v) is 25.0. The molecule has 112 heavy (non-hydrogen) atoms. The van der Waals surface area contributed by atoms with Gasteiger partial charge in [0.05, 0.1) is 56.7 Å². The predicted octanol–water partition coefficient (Wildman–Crippen LogP) is 26.7. The number of anilines is 3. The molecule has 0 saturated carbocycles. The second-order valence-corrected chi connectivity index (χ2v) is 35.7. The highest BCUT2D eigenvalue weighted by atomic mass is 15.2. The monoisotopic (exact) mass is 1440 g/mol. The third kappa shape index (κ3) is 9.63. The van der Waals surface area contributed by atoms with E-state index in [1.54, 1.807) is 0 Å². The molecule has 2 aliphatic rings.